The van der Waals surface area contributed by atoms with Crippen molar-refractivity contribution in [1.82, 2.24) is 19.9 Å². The molecule has 2 aromatic carbocycles. The van der Waals surface area contributed by atoms with E-state index in [4.69, 9.17) is 20.9 Å². The van der Waals surface area contributed by atoms with Crippen LogP contribution in [0.2, 0.25) is 5.02 Å². The lowest BCUT2D eigenvalue weighted by Crippen LogP contribution is -2.48. The molecule has 0 bridgehead atoms. The monoisotopic (exact) mass is 492 g/mol. The molecule has 0 N–H and O–H groups in total. The van der Waals surface area contributed by atoms with Gasteiger partial charge in [-0.25, -0.2) is 0 Å². The van der Waals surface area contributed by atoms with Gasteiger partial charge >= 0.3 is 0 Å². The van der Waals surface area contributed by atoms with E-state index in [1.54, 1.807) is 23.5 Å². The van der Waals surface area contributed by atoms with Gasteiger partial charge in [0.15, 0.2) is 0 Å². The molecule has 34 heavy (non-hydrogen) atoms. The van der Waals surface area contributed by atoms with Crippen molar-refractivity contribution < 1.29 is 14.1 Å². The highest BCUT2D eigenvalue weighted by Crippen LogP contribution is 2.42. The number of carbonyl (C=O) groups excluding carboxylic acids is 1. The third-order valence-electron chi connectivity index (χ3n) is 6.12. The van der Waals surface area contributed by atoms with Gasteiger partial charge in [0.25, 0.3) is 5.91 Å². The Kier molecular flexibility index (Phi) is 5.57. The molecule has 9 heteroatoms. The number of nitrogens with zero attached hydrogens (tertiary/aromatic N) is 4. The summed E-state index contributed by atoms with van der Waals surface area (Å²) in [7, 11) is 0. The summed E-state index contributed by atoms with van der Waals surface area (Å²) in [5.74, 6) is 2.08. The number of fused-ring (bicyclic) bond motifs is 3. The number of benzene rings is 2. The van der Waals surface area contributed by atoms with Crippen molar-refractivity contribution in [2.45, 2.75) is 13.2 Å². The molecule has 0 unspecified atom stereocenters. The smallest absolute Gasteiger partial charge is 0.264 e. The normalized spacial score (nSPS) is 15.5. The number of aromatic nitrogens is 2. The van der Waals surface area contributed by atoms with Gasteiger partial charge in [-0.3, -0.25) is 9.69 Å². The Morgan fingerprint density at radius 2 is 1.85 bits per heavy atom. The standard InChI is InChI=1S/C25H21ClN4O3S/c26-18-7-5-16(6-8-18)24-27-22(33-28-24)14-29-9-11-30(12-10-29)25(31)21-13-17-15-32-20-4-2-1-3-19(20)23(17)34-21/h1-8,13H,9-12,14-15H2. The molecule has 0 radical (unpaired) electrons. The molecule has 7 nitrogen and oxygen atoms in total. The molecule has 1 saturated heterocycles. The summed E-state index contributed by atoms with van der Waals surface area (Å²) >= 11 is 7.51. The molecule has 0 atom stereocenters. The molecule has 172 valence electrons. The summed E-state index contributed by atoms with van der Waals surface area (Å²) < 4.78 is 11.3. The predicted molar refractivity (Wildman–Crippen MR) is 130 cm³/mol. The van der Waals surface area contributed by atoms with E-state index in [2.05, 4.69) is 15.0 Å². The first-order chi connectivity index (χ1) is 16.6. The highest BCUT2D eigenvalue weighted by molar-refractivity contribution is 7.17. The van der Waals surface area contributed by atoms with E-state index in [9.17, 15) is 4.79 Å². The fourth-order valence-corrected chi connectivity index (χ4v) is 5.59. The third-order valence-corrected chi connectivity index (χ3v) is 7.57. The van der Waals surface area contributed by atoms with Gasteiger partial charge in [0, 0.05) is 52.8 Å². The van der Waals surface area contributed by atoms with E-state index >= 15 is 0 Å². The molecule has 6 rings (SSSR count). The third kappa shape index (κ3) is 4.09. The predicted octanol–water partition coefficient (Wildman–Crippen LogP) is 4.97. The van der Waals surface area contributed by atoms with E-state index < -0.39 is 0 Å². The first-order valence-electron chi connectivity index (χ1n) is 11.1. The largest absolute Gasteiger partial charge is 0.488 e. The van der Waals surface area contributed by atoms with Crippen LogP contribution < -0.4 is 4.74 Å². The van der Waals surface area contributed by atoms with Crippen molar-refractivity contribution in [3.8, 4) is 27.6 Å². The van der Waals surface area contributed by atoms with Crippen LogP contribution in [0.15, 0.2) is 59.1 Å². The van der Waals surface area contributed by atoms with Gasteiger partial charge in [-0.05, 0) is 42.5 Å². The lowest BCUT2D eigenvalue weighted by molar-refractivity contribution is 0.0619. The number of amides is 1. The average molecular weight is 493 g/mol. The van der Waals surface area contributed by atoms with E-state index in [1.165, 1.54) is 0 Å². The summed E-state index contributed by atoms with van der Waals surface area (Å²) in [5.41, 5.74) is 3.01. The molecular formula is C25H21ClN4O3S. The Balaban J connectivity index is 1.08. The summed E-state index contributed by atoms with van der Waals surface area (Å²) in [6, 6.07) is 17.3. The number of halogens is 1. The maximum Gasteiger partial charge on any atom is 0.264 e. The van der Waals surface area contributed by atoms with Gasteiger partial charge in [-0.15, -0.1) is 11.3 Å². The molecule has 4 heterocycles. The zero-order chi connectivity index (χ0) is 23.1. The van der Waals surface area contributed by atoms with Crippen LogP contribution in [0.3, 0.4) is 0 Å². The van der Waals surface area contributed by atoms with Crippen LogP contribution in [0, 0.1) is 0 Å². The summed E-state index contributed by atoms with van der Waals surface area (Å²) in [5, 5.41) is 4.75. The zero-order valence-electron chi connectivity index (χ0n) is 18.2. The molecule has 0 saturated carbocycles. The van der Waals surface area contributed by atoms with E-state index in [0.717, 1.165) is 45.3 Å². The second-order valence-electron chi connectivity index (χ2n) is 8.34. The Labute approximate surface area is 205 Å². The highest BCUT2D eigenvalue weighted by atomic mass is 35.5. The van der Waals surface area contributed by atoms with Crippen LogP contribution in [0.5, 0.6) is 5.75 Å². The number of hydrogen-bond donors (Lipinski definition) is 0. The van der Waals surface area contributed by atoms with Gasteiger partial charge in [-0.2, -0.15) is 4.98 Å². The SMILES string of the molecule is O=C(c1cc2c(s1)-c1ccccc1OC2)N1CCN(Cc2nc(-c3ccc(Cl)cc3)no2)CC1. The fourth-order valence-electron chi connectivity index (χ4n) is 4.30. The van der Waals surface area contributed by atoms with Gasteiger partial charge < -0.3 is 14.2 Å². The van der Waals surface area contributed by atoms with Gasteiger partial charge in [0.2, 0.25) is 11.7 Å². The van der Waals surface area contributed by atoms with Crippen molar-refractivity contribution >= 4 is 28.8 Å². The molecule has 4 aromatic rings. The van der Waals surface area contributed by atoms with E-state index in [0.29, 0.717) is 43.0 Å². The minimum Gasteiger partial charge on any atom is -0.488 e. The molecule has 1 amide bonds. The lowest BCUT2D eigenvalue weighted by Gasteiger charge is -2.33. The van der Waals surface area contributed by atoms with Gasteiger partial charge in [0.1, 0.15) is 12.4 Å². The maximum atomic E-state index is 13.2. The van der Waals surface area contributed by atoms with Gasteiger partial charge in [-0.1, -0.05) is 28.9 Å². The minimum atomic E-state index is 0.0827. The molecule has 1 fully saturated rings. The van der Waals surface area contributed by atoms with E-state index in [1.807, 2.05) is 47.4 Å². The Bertz CT molecular complexity index is 1340. The average Bonchev–Trinajstić information content (AvgIpc) is 3.52. The summed E-state index contributed by atoms with van der Waals surface area (Å²) in [6.07, 6.45) is 0. The Morgan fingerprint density at radius 3 is 2.68 bits per heavy atom. The topological polar surface area (TPSA) is 71.7 Å². The van der Waals surface area contributed by atoms with Crippen molar-refractivity contribution in [3.05, 3.63) is 76.0 Å². The zero-order valence-corrected chi connectivity index (χ0v) is 19.8. The number of para-hydroxylation sites is 1. The number of piperazine rings is 1. The van der Waals surface area contributed by atoms with Crippen LogP contribution >= 0.6 is 22.9 Å². The molecule has 0 aliphatic carbocycles. The number of ether oxygens (including phenoxy) is 1. The number of hydrogen-bond acceptors (Lipinski definition) is 7. The fraction of sp³-hybridized carbons (Fsp3) is 0.240. The summed E-state index contributed by atoms with van der Waals surface area (Å²) in [6.45, 7) is 3.89. The number of rotatable bonds is 4. The number of thiophene rings is 1. The molecule has 2 aliphatic rings. The van der Waals surface area contributed by atoms with Crippen molar-refractivity contribution in [2.24, 2.45) is 0 Å². The molecule has 2 aliphatic heterocycles. The highest BCUT2D eigenvalue weighted by Gasteiger charge is 2.27. The molecule has 0 spiro atoms. The lowest BCUT2D eigenvalue weighted by atomic mass is 10.1. The van der Waals surface area contributed by atoms with Crippen LogP contribution in [-0.2, 0) is 13.2 Å². The molecular weight excluding hydrogens is 472 g/mol. The first kappa shape index (κ1) is 21.3. The van der Waals surface area contributed by atoms with E-state index in [-0.39, 0.29) is 5.91 Å². The summed E-state index contributed by atoms with van der Waals surface area (Å²) in [4.78, 5) is 23.8. The number of carbonyl (C=O) groups is 1. The van der Waals surface area contributed by atoms with Crippen LogP contribution in [0.1, 0.15) is 21.1 Å². The molecule has 2 aromatic heterocycles. The second kappa shape index (κ2) is 8.87. The van der Waals surface area contributed by atoms with Gasteiger partial charge in [0.05, 0.1) is 11.4 Å². The van der Waals surface area contributed by atoms with Crippen molar-refractivity contribution in [3.63, 3.8) is 0 Å². The van der Waals surface area contributed by atoms with Crippen LogP contribution in [0.25, 0.3) is 21.8 Å². The Hall–Kier alpha value is -3.20. The quantitative estimate of drug-likeness (QED) is 0.400. The second-order valence-corrected chi connectivity index (χ2v) is 9.83. The minimum absolute atomic E-state index is 0.0827. The Morgan fingerprint density at radius 1 is 1.06 bits per heavy atom. The van der Waals surface area contributed by atoms with Crippen LogP contribution in [-0.4, -0.2) is 52.0 Å². The van der Waals surface area contributed by atoms with Crippen molar-refractivity contribution in [1.29, 1.82) is 0 Å². The van der Waals surface area contributed by atoms with Crippen LogP contribution in [0.4, 0.5) is 0 Å². The first-order valence-corrected chi connectivity index (χ1v) is 12.3. The maximum absolute atomic E-state index is 13.2. The van der Waals surface area contributed by atoms with Crippen molar-refractivity contribution in [2.75, 3.05) is 26.2 Å².